The second kappa shape index (κ2) is 5.60. The lowest BCUT2D eigenvalue weighted by Crippen LogP contribution is -2.22. The molecule has 7 heteroatoms. The van der Waals surface area contributed by atoms with Gasteiger partial charge in [-0.15, -0.1) is 0 Å². The van der Waals surface area contributed by atoms with E-state index in [4.69, 9.17) is 4.74 Å². The van der Waals surface area contributed by atoms with Gasteiger partial charge in [-0.05, 0) is 22.0 Å². The molecule has 0 unspecified atom stereocenters. The van der Waals surface area contributed by atoms with E-state index in [2.05, 4.69) is 40.7 Å². The van der Waals surface area contributed by atoms with Crippen molar-refractivity contribution in [2.45, 2.75) is 32.4 Å². The van der Waals surface area contributed by atoms with Gasteiger partial charge in [0, 0.05) is 26.9 Å². The first kappa shape index (κ1) is 14.5. The number of aromatic nitrogens is 3. The number of ether oxygens (including phenoxy) is 1. The van der Waals surface area contributed by atoms with E-state index in [-0.39, 0.29) is 5.56 Å². The van der Waals surface area contributed by atoms with Gasteiger partial charge in [0.15, 0.2) is 5.65 Å². The zero-order valence-electron chi connectivity index (χ0n) is 11.4. The highest BCUT2D eigenvalue weighted by molar-refractivity contribution is 9.10. The van der Waals surface area contributed by atoms with Crippen LogP contribution < -0.4 is 5.56 Å². The zero-order valence-corrected chi connectivity index (χ0v) is 14.0. The van der Waals surface area contributed by atoms with E-state index < -0.39 is 8.07 Å². The Labute approximate surface area is 121 Å². The molecule has 5 nitrogen and oxygen atoms in total. The summed E-state index contributed by atoms with van der Waals surface area (Å²) in [7, 11) is -1.07. The van der Waals surface area contributed by atoms with Gasteiger partial charge in [-0.25, -0.2) is 0 Å². The van der Waals surface area contributed by atoms with Crippen molar-refractivity contribution in [2.24, 2.45) is 0 Å². The van der Waals surface area contributed by atoms with Crippen molar-refractivity contribution in [3.05, 3.63) is 33.3 Å². The number of hydrogen-bond donors (Lipinski definition) is 0. The third-order valence-corrected chi connectivity index (χ3v) is 5.07. The Morgan fingerprint density at radius 1 is 1.42 bits per heavy atom. The smallest absolute Gasteiger partial charge is 0.274 e. The molecule has 0 N–H and O–H groups in total. The first-order valence-electron chi connectivity index (χ1n) is 6.19. The minimum absolute atomic E-state index is 0.140. The van der Waals surface area contributed by atoms with Gasteiger partial charge >= 0.3 is 0 Å². The van der Waals surface area contributed by atoms with Gasteiger partial charge in [-0.3, -0.25) is 4.79 Å². The van der Waals surface area contributed by atoms with Crippen molar-refractivity contribution >= 4 is 29.7 Å². The molecule has 0 aromatic carbocycles. The average molecular weight is 344 g/mol. The largest absolute Gasteiger partial charge is 0.361 e. The summed E-state index contributed by atoms with van der Waals surface area (Å²) in [6.45, 7) is 8.14. The summed E-state index contributed by atoms with van der Waals surface area (Å²) in [6, 6.07) is 2.62. The van der Waals surface area contributed by atoms with Crippen molar-refractivity contribution in [3.63, 3.8) is 0 Å². The monoisotopic (exact) mass is 343 g/mol. The lowest BCUT2D eigenvalue weighted by Gasteiger charge is -2.16. The molecule has 0 amide bonds. The normalized spacial score (nSPS) is 12.2. The Bertz CT molecular complexity index is 630. The fraction of sp³-hybridized carbons (Fsp3) is 0.500. The van der Waals surface area contributed by atoms with Gasteiger partial charge in [-0.1, -0.05) is 19.6 Å². The molecule has 0 saturated carbocycles. The van der Waals surface area contributed by atoms with Crippen molar-refractivity contribution in [2.75, 3.05) is 6.61 Å². The molecule has 0 radical (unpaired) electrons. The quantitative estimate of drug-likeness (QED) is 0.619. The lowest BCUT2D eigenvalue weighted by atomic mass is 10.5. The molecule has 2 heterocycles. The van der Waals surface area contributed by atoms with Gasteiger partial charge in [0.25, 0.3) is 5.56 Å². The maximum atomic E-state index is 11.6. The summed E-state index contributed by atoms with van der Waals surface area (Å²) in [5, 5.41) is 4.03. The molecule has 104 valence electrons. The van der Waals surface area contributed by atoms with Crippen molar-refractivity contribution in [1.29, 1.82) is 0 Å². The zero-order chi connectivity index (χ0) is 14.0. The third kappa shape index (κ3) is 3.55. The molecule has 2 rings (SSSR count). The van der Waals surface area contributed by atoms with Gasteiger partial charge in [-0.2, -0.15) is 9.61 Å². The number of halogens is 1. The van der Waals surface area contributed by atoms with Crippen LogP contribution in [0.3, 0.4) is 0 Å². The molecule has 0 fully saturated rings. The van der Waals surface area contributed by atoms with E-state index in [0.717, 1.165) is 22.8 Å². The fourth-order valence-electron chi connectivity index (χ4n) is 1.68. The van der Waals surface area contributed by atoms with Gasteiger partial charge in [0.2, 0.25) is 0 Å². The fourth-order valence-corrected chi connectivity index (χ4v) is 2.93. The van der Waals surface area contributed by atoms with Crippen LogP contribution in [-0.4, -0.2) is 28.9 Å². The molecule has 0 atom stereocenters. The van der Waals surface area contributed by atoms with Crippen molar-refractivity contribution < 1.29 is 4.74 Å². The Morgan fingerprint density at radius 2 is 2.16 bits per heavy atom. The highest BCUT2D eigenvalue weighted by Gasteiger charge is 2.12. The molecule has 2 aromatic heterocycles. The Hall–Kier alpha value is -0.923. The van der Waals surface area contributed by atoms with Crippen LogP contribution in [0.25, 0.3) is 5.65 Å². The molecule has 0 aliphatic heterocycles. The third-order valence-electron chi connectivity index (χ3n) is 2.81. The average Bonchev–Trinajstić information content (AvgIpc) is 2.70. The highest BCUT2D eigenvalue weighted by Crippen LogP contribution is 2.16. The number of hydrogen-bond acceptors (Lipinski definition) is 3. The predicted octanol–water partition coefficient (Wildman–Crippen LogP) is 2.57. The van der Waals surface area contributed by atoms with E-state index in [0.29, 0.717) is 6.73 Å². The van der Waals surface area contributed by atoms with Crippen LogP contribution in [0.1, 0.15) is 0 Å². The summed E-state index contributed by atoms with van der Waals surface area (Å²) in [5.74, 6) is 0. The van der Waals surface area contributed by atoms with E-state index in [9.17, 15) is 4.79 Å². The van der Waals surface area contributed by atoms with E-state index in [1.54, 1.807) is 12.4 Å². The highest BCUT2D eigenvalue weighted by atomic mass is 79.9. The van der Waals surface area contributed by atoms with Gasteiger partial charge in [0.1, 0.15) is 6.73 Å². The van der Waals surface area contributed by atoms with E-state index in [1.165, 1.54) is 10.6 Å². The number of fused-ring (bicyclic) bond motifs is 1. The van der Waals surface area contributed by atoms with Crippen LogP contribution >= 0.6 is 15.9 Å². The van der Waals surface area contributed by atoms with Gasteiger partial charge in [0.05, 0.1) is 10.7 Å². The second-order valence-corrected chi connectivity index (χ2v) is 12.2. The van der Waals surface area contributed by atoms with Crippen molar-refractivity contribution in [3.8, 4) is 0 Å². The van der Waals surface area contributed by atoms with Gasteiger partial charge < -0.3 is 9.30 Å². The molecule has 0 saturated heterocycles. The standard InChI is InChI=1S/C12H18BrN3O2Si/c1-19(2,3)7-6-18-9-15-5-4-11(17)16-12(15)10(13)8-14-16/h4-5,8H,6-7,9H2,1-3H3. The maximum Gasteiger partial charge on any atom is 0.274 e. The van der Waals surface area contributed by atoms with E-state index in [1.807, 2.05) is 4.57 Å². The summed E-state index contributed by atoms with van der Waals surface area (Å²) in [5.41, 5.74) is 0.583. The second-order valence-electron chi connectivity index (χ2n) is 5.70. The Kier molecular flexibility index (Phi) is 4.27. The van der Waals surface area contributed by atoms with Crippen LogP contribution in [0.2, 0.25) is 25.7 Å². The molecular weight excluding hydrogens is 326 g/mol. The van der Waals surface area contributed by atoms with Crippen LogP contribution in [0.4, 0.5) is 0 Å². The summed E-state index contributed by atoms with van der Waals surface area (Å²) in [6.07, 6.45) is 3.36. The van der Waals surface area contributed by atoms with E-state index >= 15 is 0 Å². The van der Waals surface area contributed by atoms with Crippen LogP contribution in [0.5, 0.6) is 0 Å². The number of rotatable bonds is 5. The Balaban J connectivity index is 2.11. The molecular formula is C12H18BrN3O2Si. The maximum absolute atomic E-state index is 11.6. The molecule has 19 heavy (non-hydrogen) atoms. The summed E-state index contributed by atoms with van der Waals surface area (Å²) in [4.78, 5) is 11.6. The molecule has 0 aliphatic rings. The van der Waals surface area contributed by atoms with Crippen LogP contribution in [-0.2, 0) is 11.5 Å². The topological polar surface area (TPSA) is 48.5 Å². The molecule has 0 spiro atoms. The molecule has 0 aliphatic carbocycles. The minimum Gasteiger partial charge on any atom is -0.361 e. The molecule has 2 aromatic rings. The van der Waals surface area contributed by atoms with Crippen LogP contribution in [0.15, 0.2) is 27.7 Å². The summed E-state index contributed by atoms with van der Waals surface area (Å²) >= 11 is 3.40. The van der Waals surface area contributed by atoms with Crippen molar-refractivity contribution in [1.82, 2.24) is 14.2 Å². The molecule has 0 bridgehead atoms. The predicted molar refractivity (Wildman–Crippen MR) is 81.3 cm³/mol. The number of nitrogens with zero attached hydrogens (tertiary/aromatic N) is 3. The first-order valence-corrected chi connectivity index (χ1v) is 10.7. The summed E-state index contributed by atoms with van der Waals surface area (Å²) < 4.78 is 9.74. The Morgan fingerprint density at radius 3 is 2.84 bits per heavy atom. The SMILES string of the molecule is C[Si](C)(C)CCOCn1ccc(=O)n2ncc(Br)c12. The first-order chi connectivity index (χ1) is 8.88. The van der Waals surface area contributed by atoms with Crippen LogP contribution in [0, 0.1) is 0 Å². The lowest BCUT2D eigenvalue weighted by molar-refractivity contribution is 0.0889. The minimum atomic E-state index is -1.07.